The van der Waals surface area contributed by atoms with Gasteiger partial charge in [0.2, 0.25) is 0 Å². The van der Waals surface area contributed by atoms with E-state index in [0.717, 1.165) is 11.1 Å². The fourth-order valence-electron chi connectivity index (χ4n) is 2.58. The lowest BCUT2D eigenvalue weighted by atomic mass is 10.2. The summed E-state index contributed by atoms with van der Waals surface area (Å²) in [6.07, 6.45) is 6.39. The van der Waals surface area contributed by atoms with Crippen molar-refractivity contribution in [3.63, 3.8) is 0 Å². The van der Waals surface area contributed by atoms with Crippen LogP contribution >= 0.6 is 11.6 Å². The van der Waals surface area contributed by atoms with Crippen molar-refractivity contribution >= 4 is 29.5 Å². The highest BCUT2D eigenvalue weighted by atomic mass is 35.5. The molecule has 0 aliphatic carbocycles. The Bertz CT molecular complexity index is 1030. The van der Waals surface area contributed by atoms with E-state index in [0.29, 0.717) is 17.3 Å². The first-order chi connectivity index (χ1) is 14.0. The van der Waals surface area contributed by atoms with Crippen LogP contribution in [0.4, 0.5) is 0 Å². The minimum atomic E-state index is -0.540. The van der Waals surface area contributed by atoms with Crippen LogP contribution in [0, 0.1) is 0 Å². The Morgan fingerprint density at radius 2 is 1.97 bits per heavy atom. The predicted molar refractivity (Wildman–Crippen MR) is 110 cm³/mol. The van der Waals surface area contributed by atoms with Crippen LogP contribution in [0.15, 0.2) is 67.0 Å². The minimum absolute atomic E-state index is 0.214. The lowest BCUT2D eigenvalue weighted by Gasteiger charge is -2.09. The molecule has 8 heteroatoms. The first-order valence-corrected chi connectivity index (χ1v) is 9.11. The number of halogens is 1. The van der Waals surface area contributed by atoms with E-state index in [-0.39, 0.29) is 5.56 Å². The molecular weight excluding hydrogens is 392 g/mol. The van der Waals surface area contributed by atoms with Gasteiger partial charge in [0, 0.05) is 22.9 Å². The van der Waals surface area contributed by atoms with Gasteiger partial charge in [-0.25, -0.2) is 0 Å². The molecular formula is C21H19ClN4O3. The SMILES string of the molecule is COc1ccc(Cl)cc1C(=O)NNC(=O)/C=C/c1cnn(Cc2ccccc2)c1. The Labute approximate surface area is 172 Å². The van der Waals surface area contributed by atoms with E-state index in [1.165, 1.54) is 19.3 Å². The van der Waals surface area contributed by atoms with E-state index < -0.39 is 11.8 Å². The average Bonchev–Trinajstić information content (AvgIpc) is 3.18. The number of hydrazine groups is 1. The van der Waals surface area contributed by atoms with E-state index in [2.05, 4.69) is 16.0 Å². The summed E-state index contributed by atoms with van der Waals surface area (Å²) in [5.41, 5.74) is 6.75. The van der Waals surface area contributed by atoms with Crippen LogP contribution in [0.1, 0.15) is 21.5 Å². The van der Waals surface area contributed by atoms with Crippen molar-refractivity contribution < 1.29 is 14.3 Å². The molecule has 0 bridgehead atoms. The summed E-state index contributed by atoms with van der Waals surface area (Å²) in [7, 11) is 1.44. The summed E-state index contributed by atoms with van der Waals surface area (Å²) in [6, 6.07) is 14.6. The third-order valence-electron chi connectivity index (χ3n) is 3.97. The van der Waals surface area contributed by atoms with Crippen molar-refractivity contribution in [2.24, 2.45) is 0 Å². The second-order valence-electron chi connectivity index (χ2n) is 6.08. The number of aromatic nitrogens is 2. The zero-order valence-corrected chi connectivity index (χ0v) is 16.4. The van der Waals surface area contributed by atoms with Crippen LogP contribution in [0.25, 0.3) is 6.08 Å². The molecule has 0 aliphatic heterocycles. The van der Waals surface area contributed by atoms with E-state index in [1.54, 1.807) is 29.1 Å². The fourth-order valence-corrected chi connectivity index (χ4v) is 2.75. The van der Waals surface area contributed by atoms with Gasteiger partial charge in [0.05, 0.1) is 25.4 Å². The third-order valence-corrected chi connectivity index (χ3v) is 4.21. The quantitative estimate of drug-likeness (QED) is 0.483. The molecule has 2 aromatic carbocycles. The molecule has 29 heavy (non-hydrogen) atoms. The number of rotatable bonds is 6. The summed E-state index contributed by atoms with van der Waals surface area (Å²) in [5.74, 6) is -0.681. The molecule has 148 valence electrons. The molecule has 2 N–H and O–H groups in total. The maximum absolute atomic E-state index is 12.2. The van der Waals surface area contributed by atoms with E-state index in [4.69, 9.17) is 16.3 Å². The van der Waals surface area contributed by atoms with Gasteiger partial charge in [-0.2, -0.15) is 5.10 Å². The summed E-state index contributed by atoms with van der Waals surface area (Å²) >= 11 is 5.91. The topological polar surface area (TPSA) is 85.2 Å². The van der Waals surface area contributed by atoms with Crippen LogP contribution in [-0.4, -0.2) is 28.7 Å². The fraction of sp³-hybridized carbons (Fsp3) is 0.0952. The number of hydrogen-bond acceptors (Lipinski definition) is 4. The highest BCUT2D eigenvalue weighted by Crippen LogP contribution is 2.22. The summed E-state index contributed by atoms with van der Waals surface area (Å²) in [4.78, 5) is 24.2. The molecule has 0 saturated heterocycles. The van der Waals surface area contributed by atoms with Gasteiger partial charge < -0.3 is 4.74 Å². The van der Waals surface area contributed by atoms with Crippen molar-refractivity contribution in [3.8, 4) is 5.75 Å². The summed E-state index contributed by atoms with van der Waals surface area (Å²) in [5, 5.41) is 4.65. The molecule has 7 nitrogen and oxygen atoms in total. The number of ether oxygens (including phenoxy) is 1. The van der Waals surface area contributed by atoms with Crippen LogP contribution in [-0.2, 0) is 11.3 Å². The molecule has 2 amide bonds. The van der Waals surface area contributed by atoms with E-state index in [9.17, 15) is 9.59 Å². The van der Waals surface area contributed by atoms with Crippen molar-refractivity contribution in [1.82, 2.24) is 20.6 Å². The maximum atomic E-state index is 12.2. The molecule has 0 saturated carbocycles. The average molecular weight is 411 g/mol. The summed E-state index contributed by atoms with van der Waals surface area (Å²) in [6.45, 7) is 0.637. The van der Waals surface area contributed by atoms with Gasteiger partial charge in [-0.3, -0.25) is 25.1 Å². The van der Waals surface area contributed by atoms with Crippen molar-refractivity contribution in [1.29, 1.82) is 0 Å². The largest absolute Gasteiger partial charge is 0.496 e. The Morgan fingerprint density at radius 1 is 1.17 bits per heavy atom. The molecule has 0 atom stereocenters. The first kappa shape index (κ1) is 20.2. The van der Waals surface area contributed by atoms with Crippen molar-refractivity contribution in [3.05, 3.63) is 88.7 Å². The normalized spacial score (nSPS) is 10.7. The highest BCUT2D eigenvalue weighted by molar-refractivity contribution is 6.31. The number of benzene rings is 2. The molecule has 1 heterocycles. The Morgan fingerprint density at radius 3 is 2.72 bits per heavy atom. The predicted octanol–water partition coefficient (Wildman–Crippen LogP) is 3.07. The van der Waals surface area contributed by atoms with Crippen LogP contribution in [0.5, 0.6) is 5.75 Å². The molecule has 0 spiro atoms. The van der Waals surface area contributed by atoms with Gasteiger partial charge in [0.1, 0.15) is 5.75 Å². The standard InChI is InChI=1S/C21H19ClN4O3/c1-29-19-9-8-17(22)11-18(19)21(28)25-24-20(27)10-7-16-12-23-26(14-16)13-15-5-3-2-4-6-15/h2-12,14H,13H2,1H3,(H,24,27)(H,25,28)/b10-7+. The van der Waals surface area contributed by atoms with Gasteiger partial charge >= 0.3 is 0 Å². The van der Waals surface area contributed by atoms with Crippen molar-refractivity contribution in [2.75, 3.05) is 7.11 Å². The zero-order chi connectivity index (χ0) is 20.6. The van der Waals surface area contributed by atoms with Crippen LogP contribution in [0.3, 0.4) is 0 Å². The molecule has 3 aromatic rings. The number of carbonyl (C=O) groups is 2. The zero-order valence-electron chi connectivity index (χ0n) is 15.6. The van der Waals surface area contributed by atoms with E-state index in [1.807, 2.05) is 36.5 Å². The Kier molecular flexibility index (Phi) is 6.65. The number of nitrogens with one attached hydrogen (secondary N) is 2. The first-order valence-electron chi connectivity index (χ1n) is 8.73. The number of amides is 2. The number of carbonyl (C=O) groups excluding carboxylic acids is 2. The lowest BCUT2D eigenvalue weighted by molar-refractivity contribution is -0.117. The van der Waals surface area contributed by atoms with Crippen molar-refractivity contribution in [2.45, 2.75) is 6.54 Å². The van der Waals surface area contributed by atoms with Gasteiger partial charge in [-0.15, -0.1) is 0 Å². The smallest absolute Gasteiger partial charge is 0.273 e. The van der Waals surface area contributed by atoms with E-state index >= 15 is 0 Å². The molecule has 0 radical (unpaired) electrons. The monoisotopic (exact) mass is 410 g/mol. The Hall–Kier alpha value is -3.58. The molecule has 3 rings (SSSR count). The van der Waals surface area contributed by atoms with Crippen LogP contribution < -0.4 is 15.6 Å². The third kappa shape index (κ3) is 5.70. The second kappa shape index (κ2) is 9.57. The highest BCUT2D eigenvalue weighted by Gasteiger charge is 2.13. The molecule has 0 aliphatic rings. The summed E-state index contributed by atoms with van der Waals surface area (Å²) < 4.78 is 6.90. The number of methoxy groups -OCH3 is 1. The molecule has 0 unspecified atom stereocenters. The van der Waals surface area contributed by atoms with Gasteiger partial charge in [0.15, 0.2) is 0 Å². The Balaban J connectivity index is 1.54. The molecule has 0 fully saturated rings. The number of nitrogens with zero attached hydrogens (tertiary/aromatic N) is 2. The van der Waals surface area contributed by atoms with Gasteiger partial charge in [0.25, 0.3) is 11.8 Å². The lowest BCUT2D eigenvalue weighted by Crippen LogP contribution is -2.40. The van der Waals surface area contributed by atoms with Gasteiger partial charge in [-0.05, 0) is 29.8 Å². The number of hydrogen-bond donors (Lipinski definition) is 2. The minimum Gasteiger partial charge on any atom is -0.496 e. The van der Waals surface area contributed by atoms with Crippen LogP contribution in [0.2, 0.25) is 5.02 Å². The molecule has 1 aromatic heterocycles. The van der Waals surface area contributed by atoms with Gasteiger partial charge in [-0.1, -0.05) is 41.9 Å². The second-order valence-corrected chi connectivity index (χ2v) is 6.51. The maximum Gasteiger partial charge on any atom is 0.273 e.